The predicted octanol–water partition coefficient (Wildman–Crippen LogP) is 1.79. The average Bonchev–Trinajstić information content (AvgIpc) is 2.30. The second-order valence-electron chi connectivity index (χ2n) is 3.57. The van der Waals surface area contributed by atoms with Crippen molar-refractivity contribution in [1.29, 1.82) is 0 Å². The standard InChI is InChI=1S/C11H11ClN2O3/c1-17-7-2-3-9(8(12)6-7)14-5-4-10(15)13-11(14)16/h2-3,6H,4-5H2,1H3,(H,13,15,16). The number of hydrogen-bond donors (Lipinski definition) is 1. The van der Waals surface area contributed by atoms with Crippen LogP contribution in [0, 0.1) is 0 Å². The van der Waals surface area contributed by atoms with Gasteiger partial charge < -0.3 is 4.74 Å². The van der Waals surface area contributed by atoms with E-state index in [1.165, 1.54) is 12.0 Å². The summed E-state index contributed by atoms with van der Waals surface area (Å²) in [5.74, 6) is 0.350. The van der Waals surface area contributed by atoms with Gasteiger partial charge in [0.25, 0.3) is 0 Å². The van der Waals surface area contributed by atoms with Crippen molar-refractivity contribution in [3.05, 3.63) is 23.2 Å². The number of carbonyl (C=O) groups excluding carboxylic acids is 2. The molecule has 5 nitrogen and oxygen atoms in total. The quantitative estimate of drug-likeness (QED) is 0.875. The molecular formula is C11H11ClN2O3. The van der Waals surface area contributed by atoms with Gasteiger partial charge in [0.2, 0.25) is 5.91 Å². The third-order valence-electron chi connectivity index (χ3n) is 2.50. The summed E-state index contributed by atoms with van der Waals surface area (Å²) in [5, 5.41) is 2.65. The molecule has 0 aromatic heterocycles. The molecule has 0 unspecified atom stereocenters. The van der Waals surface area contributed by atoms with E-state index in [-0.39, 0.29) is 12.3 Å². The number of ether oxygens (including phenoxy) is 1. The lowest BCUT2D eigenvalue weighted by Crippen LogP contribution is -2.49. The van der Waals surface area contributed by atoms with Crippen LogP contribution in [0.2, 0.25) is 5.02 Å². The second-order valence-corrected chi connectivity index (χ2v) is 3.98. The molecule has 0 spiro atoms. The molecule has 1 fully saturated rings. The Hall–Kier alpha value is -1.75. The molecule has 0 aliphatic carbocycles. The fourth-order valence-corrected chi connectivity index (χ4v) is 1.90. The van der Waals surface area contributed by atoms with E-state index in [1.54, 1.807) is 18.2 Å². The smallest absolute Gasteiger partial charge is 0.328 e. The number of benzene rings is 1. The molecule has 17 heavy (non-hydrogen) atoms. The number of imide groups is 1. The number of amides is 3. The Morgan fingerprint density at radius 1 is 1.41 bits per heavy atom. The van der Waals surface area contributed by atoms with Gasteiger partial charge in [-0.1, -0.05) is 11.6 Å². The van der Waals surface area contributed by atoms with E-state index in [2.05, 4.69) is 5.32 Å². The monoisotopic (exact) mass is 254 g/mol. The largest absolute Gasteiger partial charge is 0.497 e. The Morgan fingerprint density at radius 3 is 2.76 bits per heavy atom. The minimum atomic E-state index is -0.451. The van der Waals surface area contributed by atoms with E-state index in [4.69, 9.17) is 16.3 Å². The molecule has 3 amide bonds. The summed E-state index contributed by atoms with van der Waals surface area (Å²) in [6, 6.07) is 4.58. The van der Waals surface area contributed by atoms with Crippen molar-refractivity contribution in [3.63, 3.8) is 0 Å². The highest BCUT2D eigenvalue weighted by molar-refractivity contribution is 6.34. The number of nitrogens with zero attached hydrogens (tertiary/aromatic N) is 1. The molecule has 0 atom stereocenters. The van der Waals surface area contributed by atoms with Crippen molar-refractivity contribution >= 4 is 29.2 Å². The van der Waals surface area contributed by atoms with Crippen LogP contribution in [0.5, 0.6) is 5.75 Å². The van der Waals surface area contributed by atoms with Crippen LogP contribution in [-0.2, 0) is 4.79 Å². The van der Waals surface area contributed by atoms with Gasteiger partial charge in [-0.15, -0.1) is 0 Å². The fourth-order valence-electron chi connectivity index (χ4n) is 1.63. The van der Waals surface area contributed by atoms with Crippen molar-refractivity contribution in [3.8, 4) is 5.75 Å². The maximum Gasteiger partial charge on any atom is 0.328 e. The van der Waals surface area contributed by atoms with Crippen LogP contribution in [0.15, 0.2) is 18.2 Å². The van der Waals surface area contributed by atoms with Crippen LogP contribution in [0.3, 0.4) is 0 Å². The molecule has 1 aromatic rings. The first-order chi connectivity index (χ1) is 8.11. The molecule has 0 saturated carbocycles. The van der Waals surface area contributed by atoms with Crippen molar-refractivity contribution < 1.29 is 14.3 Å². The van der Waals surface area contributed by atoms with Crippen molar-refractivity contribution in [1.82, 2.24) is 5.32 Å². The third-order valence-corrected chi connectivity index (χ3v) is 2.80. The number of carbonyl (C=O) groups is 2. The molecule has 0 radical (unpaired) electrons. The van der Waals surface area contributed by atoms with Crippen LogP contribution in [0.4, 0.5) is 10.5 Å². The molecule has 6 heteroatoms. The van der Waals surface area contributed by atoms with E-state index in [1.807, 2.05) is 0 Å². The van der Waals surface area contributed by atoms with E-state index < -0.39 is 6.03 Å². The molecule has 1 aliphatic rings. The van der Waals surface area contributed by atoms with Crippen LogP contribution in [0.1, 0.15) is 6.42 Å². The Kier molecular flexibility index (Phi) is 3.19. The first-order valence-electron chi connectivity index (χ1n) is 5.06. The summed E-state index contributed by atoms with van der Waals surface area (Å²) in [6.07, 6.45) is 0.272. The molecule has 1 N–H and O–H groups in total. The number of urea groups is 1. The Morgan fingerprint density at radius 2 is 2.18 bits per heavy atom. The average molecular weight is 255 g/mol. The van der Waals surface area contributed by atoms with E-state index in [9.17, 15) is 9.59 Å². The molecule has 90 valence electrons. The fraction of sp³-hybridized carbons (Fsp3) is 0.273. The SMILES string of the molecule is COc1ccc(N2CCC(=O)NC2=O)c(Cl)c1. The molecule has 1 aliphatic heterocycles. The van der Waals surface area contributed by atoms with Gasteiger partial charge in [-0.05, 0) is 12.1 Å². The molecule has 2 rings (SSSR count). The highest BCUT2D eigenvalue weighted by Crippen LogP contribution is 2.30. The maximum atomic E-state index is 11.6. The zero-order valence-electron chi connectivity index (χ0n) is 9.20. The lowest BCUT2D eigenvalue weighted by atomic mass is 10.2. The topological polar surface area (TPSA) is 58.6 Å². The van der Waals surface area contributed by atoms with Crippen molar-refractivity contribution in [2.75, 3.05) is 18.6 Å². The summed E-state index contributed by atoms with van der Waals surface area (Å²) in [4.78, 5) is 24.1. The Labute approximate surface area is 103 Å². The molecule has 1 aromatic carbocycles. The third kappa shape index (κ3) is 2.34. The minimum Gasteiger partial charge on any atom is -0.497 e. The summed E-state index contributed by atoms with van der Waals surface area (Å²) >= 11 is 6.06. The van der Waals surface area contributed by atoms with Crippen LogP contribution < -0.4 is 15.0 Å². The van der Waals surface area contributed by atoms with Crippen LogP contribution in [0.25, 0.3) is 0 Å². The van der Waals surface area contributed by atoms with Gasteiger partial charge >= 0.3 is 6.03 Å². The van der Waals surface area contributed by atoms with Crippen LogP contribution >= 0.6 is 11.6 Å². The highest BCUT2D eigenvalue weighted by Gasteiger charge is 2.25. The van der Waals surface area contributed by atoms with Gasteiger partial charge in [0.15, 0.2) is 0 Å². The summed E-state index contributed by atoms with van der Waals surface area (Å²) < 4.78 is 5.02. The molecular weight excluding hydrogens is 244 g/mol. The lowest BCUT2D eigenvalue weighted by molar-refractivity contribution is -0.120. The Bertz CT molecular complexity index is 476. The zero-order chi connectivity index (χ0) is 12.4. The number of nitrogens with one attached hydrogen (secondary N) is 1. The number of rotatable bonds is 2. The maximum absolute atomic E-state index is 11.6. The Balaban J connectivity index is 2.28. The second kappa shape index (κ2) is 4.63. The molecule has 1 heterocycles. The van der Waals surface area contributed by atoms with Gasteiger partial charge in [0.1, 0.15) is 5.75 Å². The number of methoxy groups -OCH3 is 1. The van der Waals surface area contributed by atoms with Crippen molar-refractivity contribution in [2.24, 2.45) is 0 Å². The zero-order valence-corrected chi connectivity index (χ0v) is 9.95. The number of halogens is 1. The van der Waals surface area contributed by atoms with Gasteiger partial charge in [-0.3, -0.25) is 15.0 Å². The summed E-state index contributed by atoms with van der Waals surface area (Å²) in [5.41, 5.74) is 0.567. The minimum absolute atomic E-state index is 0.268. The number of anilines is 1. The normalized spacial score (nSPS) is 15.8. The molecule has 1 saturated heterocycles. The predicted molar refractivity (Wildman–Crippen MR) is 63.5 cm³/mol. The van der Waals surface area contributed by atoms with Gasteiger partial charge in [-0.2, -0.15) is 0 Å². The van der Waals surface area contributed by atoms with Gasteiger partial charge in [-0.25, -0.2) is 4.79 Å². The summed E-state index contributed by atoms with van der Waals surface area (Å²) in [7, 11) is 1.54. The van der Waals surface area contributed by atoms with E-state index >= 15 is 0 Å². The van der Waals surface area contributed by atoms with E-state index in [0.29, 0.717) is 23.0 Å². The van der Waals surface area contributed by atoms with Crippen molar-refractivity contribution in [2.45, 2.75) is 6.42 Å². The summed E-state index contributed by atoms with van der Waals surface area (Å²) in [6.45, 7) is 0.330. The van der Waals surface area contributed by atoms with Gasteiger partial charge in [0.05, 0.1) is 17.8 Å². The lowest BCUT2D eigenvalue weighted by Gasteiger charge is -2.27. The highest BCUT2D eigenvalue weighted by atomic mass is 35.5. The van der Waals surface area contributed by atoms with E-state index in [0.717, 1.165) is 0 Å². The first-order valence-corrected chi connectivity index (χ1v) is 5.44. The van der Waals surface area contributed by atoms with Gasteiger partial charge in [0, 0.05) is 19.0 Å². The van der Waals surface area contributed by atoms with Crippen LogP contribution in [-0.4, -0.2) is 25.6 Å². The first kappa shape index (κ1) is 11.7. The number of hydrogen-bond acceptors (Lipinski definition) is 3. The molecule has 0 bridgehead atoms.